The monoisotopic (exact) mass is 283 g/mol. The second kappa shape index (κ2) is 6.08. The highest BCUT2D eigenvalue weighted by Crippen LogP contribution is 2.16. The molecule has 0 fully saturated rings. The van der Waals surface area contributed by atoms with Gasteiger partial charge in [0.1, 0.15) is 0 Å². The Morgan fingerprint density at radius 3 is 2.14 bits per heavy atom. The molecule has 21 heavy (non-hydrogen) atoms. The molecule has 3 heteroatoms. The molecule has 0 amide bonds. The van der Waals surface area contributed by atoms with Crippen LogP contribution < -0.4 is 9.47 Å². The first-order chi connectivity index (χ1) is 9.88. The van der Waals surface area contributed by atoms with Crippen LogP contribution in [0.2, 0.25) is 0 Å². The summed E-state index contributed by atoms with van der Waals surface area (Å²) in [6.07, 6.45) is 3.90. The first-order valence-electron chi connectivity index (χ1n) is 7.16. The fourth-order valence-electron chi connectivity index (χ4n) is 2.36. The molecule has 0 aliphatic rings. The van der Waals surface area contributed by atoms with Crippen LogP contribution in [0.3, 0.4) is 0 Å². The number of aryl methyl sites for hydroxylation is 3. The summed E-state index contributed by atoms with van der Waals surface area (Å²) in [5, 5.41) is 0. The summed E-state index contributed by atoms with van der Waals surface area (Å²) in [6, 6.07) is 8.12. The molecule has 0 saturated carbocycles. The molecule has 2 aromatic rings. The zero-order valence-electron chi connectivity index (χ0n) is 13.5. The molecule has 0 atom stereocenters. The zero-order chi connectivity index (χ0) is 15.6. The Morgan fingerprint density at radius 2 is 1.57 bits per heavy atom. The van der Waals surface area contributed by atoms with Crippen molar-refractivity contribution >= 4 is 11.5 Å². The minimum absolute atomic E-state index is 0.151. The van der Waals surface area contributed by atoms with Gasteiger partial charge in [-0.1, -0.05) is 6.07 Å². The smallest absolute Gasteiger partial charge is 0.227 e. The number of rotatable bonds is 4. The largest absolute Gasteiger partial charge is 0.377 e. The van der Waals surface area contributed by atoms with Crippen LogP contribution in [-0.2, 0) is 6.54 Å². The van der Waals surface area contributed by atoms with Crippen LogP contribution in [0.1, 0.15) is 27.0 Å². The van der Waals surface area contributed by atoms with Crippen LogP contribution in [0.25, 0.3) is 0 Å². The van der Waals surface area contributed by atoms with Gasteiger partial charge in [-0.2, -0.15) is 4.57 Å². The standard InChI is InChI=1S/C18H23N2O/c1-13-10-15(3)17(11-14(13)2)18(21)12-20-8-6-16(7-9-20)19(4)5/h6-11H,12H2,1-5H3/q+1. The van der Waals surface area contributed by atoms with Gasteiger partial charge in [-0.05, 0) is 43.5 Å². The Kier molecular flexibility index (Phi) is 4.41. The lowest BCUT2D eigenvalue weighted by Crippen LogP contribution is -2.37. The number of nitrogens with zero attached hydrogens (tertiary/aromatic N) is 2. The third-order valence-corrected chi connectivity index (χ3v) is 3.86. The molecule has 0 spiro atoms. The molecule has 3 nitrogen and oxygen atoms in total. The molecule has 0 bridgehead atoms. The van der Waals surface area contributed by atoms with Gasteiger partial charge < -0.3 is 4.90 Å². The predicted octanol–water partition coefficient (Wildman–Crippen LogP) is 2.85. The predicted molar refractivity (Wildman–Crippen MR) is 85.9 cm³/mol. The number of benzene rings is 1. The molecule has 1 aromatic heterocycles. The van der Waals surface area contributed by atoms with Crippen molar-refractivity contribution in [2.24, 2.45) is 0 Å². The molecule has 0 aliphatic carbocycles. The third kappa shape index (κ3) is 3.48. The highest BCUT2D eigenvalue weighted by atomic mass is 16.1. The van der Waals surface area contributed by atoms with Crippen LogP contribution in [-0.4, -0.2) is 19.9 Å². The van der Waals surface area contributed by atoms with Crippen LogP contribution in [0.5, 0.6) is 0 Å². The summed E-state index contributed by atoms with van der Waals surface area (Å²) in [5.74, 6) is 0.151. The van der Waals surface area contributed by atoms with Crippen molar-refractivity contribution in [1.29, 1.82) is 0 Å². The quantitative estimate of drug-likeness (QED) is 0.636. The molecule has 0 N–H and O–H groups in total. The van der Waals surface area contributed by atoms with E-state index in [1.165, 1.54) is 5.56 Å². The average Bonchev–Trinajstić information content (AvgIpc) is 2.43. The number of carbonyl (C=O) groups excluding carboxylic acids is 1. The van der Waals surface area contributed by atoms with Crippen molar-refractivity contribution in [2.75, 3.05) is 19.0 Å². The van der Waals surface area contributed by atoms with E-state index in [2.05, 4.69) is 13.0 Å². The number of aromatic nitrogens is 1. The molecule has 2 rings (SSSR count). The van der Waals surface area contributed by atoms with E-state index in [9.17, 15) is 4.79 Å². The number of carbonyl (C=O) groups is 1. The Labute approximate surface area is 126 Å². The lowest BCUT2D eigenvalue weighted by Gasteiger charge is -2.10. The topological polar surface area (TPSA) is 24.2 Å². The van der Waals surface area contributed by atoms with Gasteiger partial charge in [0, 0.05) is 37.5 Å². The minimum Gasteiger partial charge on any atom is -0.377 e. The third-order valence-electron chi connectivity index (χ3n) is 3.86. The number of ketones is 1. The zero-order valence-corrected chi connectivity index (χ0v) is 13.5. The van der Waals surface area contributed by atoms with Crippen LogP contribution in [0.15, 0.2) is 36.7 Å². The summed E-state index contributed by atoms with van der Waals surface area (Å²) in [7, 11) is 4.01. The van der Waals surface area contributed by atoms with E-state index in [1.807, 2.05) is 68.0 Å². The molecule has 0 aliphatic heterocycles. The van der Waals surface area contributed by atoms with Gasteiger partial charge in [-0.15, -0.1) is 0 Å². The Morgan fingerprint density at radius 1 is 1.00 bits per heavy atom. The number of pyridine rings is 1. The van der Waals surface area contributed by atoms with Crippen molar-refractivity contribution in [3.05, 3.63) is 58.9 Å². The Bertz CT molecular complexity index is 658. The molecular weight excluding hydrogens is 260 g/mol. The fraction of sp³-hybridized carbons (Fsp3) is 0.333. The fourth-order valence-corrected chi connectivity index (χ4v) is 2.36. The molecule has 0 radical (unpaired) electrons. The minimum atomic E-state index is 0.151. The molecule has 0 saturated heterocycles. The highest BCUT2D eigenvalue weighted by Gasteiger charge is 2.15. The van der Waals surface area contributed by atoms with Crippen molar-refractivity contribution in [1.82, 2.24) is 0 Å². The molecular formula is C18H23N2O+. The van der Waals surface area contributed by atoms with Gasteiger partial charge in [-0.3, -0.25) is 4.79 Å². The molecule has 0 unspecified atom stereocenters. The highest BCUT2D eigenvalue weighted by molar-refractivity contribution is 5.96. The Hall–Kier alpha value is -2.16. The number of hydrogen-bond donors (Lipinski definition) is 0. The molecule has 1 heterocycles. The normalized spacial score (nSPS) is 10.5. The maximum Gasteiger partial charge on any atom is 0.227 e. The van der Waals surface area contributed by atoms with Gasteiger partial charge in [-0.25, -0.2) is 0 Å². The van der Waals surface area contributed by atoms with Gasteiger partial charge in [0.15, 0.2) is 12.4 Å². The van der Waals surface area contributed by atoms with Crippen molar-refractivity contribution < 1.29 is 9.36 Å². The lowest BCUT2D eigenvalue weighted by molar-refractivity contribution is -0.683. The maximum atomic E-state index is 12.5. The summed E-state index contributed by atoms with van der Waals surface area (Å²) in [5.41, 5.74) is 5.39. The SMILES string of the molecule is Cc1cc(C)c(C(=O)C[n+]2ccc(N(C)C)cc2)cc1C. The van der Waals surface area contributed by atoms with Crippen LogP contribution in [0.4, 0.5) is 5.69 Å². The van der Waals surface area contributed by atoms with E-state index in [-0.39, 0.29) is 5.78 Å². The van der Waals surface area contributed by atoms with Gasteiger partial charge in [0.25, 0.3) is 0 Å². The van der Waals surface area contributed by atoms with E-state index in [1.54, 1.807) is 0 Å². The number of anilines is 1. The second-order valence-corrected chi connectivity index (χ2v) is 5.80. The summed E-state index contributed by atoms with van der Waals surface area (Å²) < 4.78 is 1.92. The summed E-state index contributed by atoms with van der Waals surface area (Å²) in [6.45, 7) is 6.49. The van der Waals surface area contributed by atoms with Crippen molar-refractivity contribution in [2.45, 2.75) is 27.3 Å². The second-order valence-electron chi connectivity index (χ2n) is 5.80. The van der Waals surface area contributed by atoms with Gasteiger partial charge >= 0.3 is 0 Å². The number of Topliss-reactive ketones (excluding diaryl/α,β-unsaturated/α-hetero) is 1. The van der Waals surface area contributed by atoms with E-state index in [4.69, 9.17) is 0 Å². The van der Waals surface area contributed by atoms with E-state index < -0.39 is 0 Å². The molecule has 110 valence electrons. The summed E-state index contributed by atoms with van der Waals surface area (Å²) in [4.78, 5) is 14.5. The summed E-state index contributed by atoms with van der Waals surface area (Å²) >= 11 is 0. The van der Waals surface area contributed by atoms with Crippen molar-refractivity contribution in [3.8, 4) is 0 Å². The van der Waals surface area contributed by atoms with Crippen LogP contribution >= 0.6 is 0 Å². The van der Waals surface area contributed by atoms with E-state index in [0.29, 0.717) is 6.54 Å². The maximum absolute atomic E-state index is 12.5. The first kappa shape index (κ1) is 15.2. The van der Waals surface area contributed by atoms with Crippen LogP contribution in [0, 0.1) is 20.8 Å². The van der Waals surface area contributed by atoms with Gasteiger partial charge in [0.2, 0.25) is 12.3 Å². The van der Waals surface area contributed by atoms with Crippen molar-refractivity contribution in [3.63, 3.8) is 0 Å². The lowest BCUT2D eigenvalue weighted by atomic mass is 9.98. The molecule has 1 aromatic carbocycles. The van der Waals surface area contributed by atoms with E-state index in [0.717, 1.165) is 22.4 Å². The average molecular weight is 283 g/mol. The number of hydrogen-bond acceptors (Lipinski definition) is 2. The first-order valence-corrected chi connectivity index (χ1v) is 7.16. The van der Waals surface area contributed by atoms with Gasteiger partial charge in [0.05, 0.1) is 0 Å². The Balaban J connectivity index is 2.20. The van der Waals surface area contributed by atoms with E-state index >= 15 is 0 Å².